The Hall–Kier alpha value is -1.95. The van der Waals surface area contributed by atoms with Gasteiger partial charge >= 0.3 is 0 Å². The summed E-state index contributed by atoms with van der Waals surface area (Å²) in [6.45, 7) is 7.30. The molecular weight excluding hydrogens is 280 g/mol. The zero-order valence-electron chi connectivity index (χ0n) is 13.4. The second-order valence-corrected chi connectivity index (χ2v) is 6.01. The average molecular weight is 304 g/mol. The monoisotopic (exact) mass is 304 g/mol. The highest BCUT2D eigenvalue weighted by molar-refractivity contribution is 5.96. The summed E-state index contributed by atoms with van der Waals surface area (Å²) < 4.78 is 1.85. The molecule has 120 valence electrons. The van der Waals surface area contributed by atoms with Gasteiger partial charge in [-0.2, -0.15) is 5.10 Å². The smallest absolute Gasteiger partial charge is 0.252 e. The van der Waals surface area contributed by atoms with Gasteiger partial charge in [0.05, 0.1) is 17.9 Å². The Morgan fingerprint density at radius 3 is 2.86 bits per heavy atom. The molecule has 6 nitrogen and oxygen atoms in total. The standard InChI is InChI=1S/C16H24N4O2/c1-4-5-14(21)9-18-16(22)13-6-12-8-19-20(10-11(2)3)15(12)17-7-13/h6-8,11,14,21H,4-5,9-10H2,1-3H3,(H,18,22). The predicted molar refractivity (Wildman–Crippen MR) is 85.6 cm³/mol. The minimum Gasteiger partial charge on any atom is -0.391 e. The van der Waals surface area contributed by atoms with Gasteiger partial charge in [0.1, 0.15) is 0 Å². The van der Waals surface area contributed by atoms with Gasteiger partial charge in [0, 0.05) is 24.7 Å². The normalized spacial score (nSPS) is 12.8. The molecule has 0 bridgehead atoms. The third-order valence-corrected chi connectivity index (χ3v) is 3.40. The number of aliphatic hydroxyl groups is 1. The first-order valence-corrected chi connectivity index (χ1v) is 7.79. The van der Waals surface area contributed by atoms with Crippen molar-refractivity contribution >= 4 is 16.9 Å². The molecule has 6 heteroatoms. The summed E-state index contributed by atoms with van der Waals surface area (Å²) in [7, 11) is 0. The number of rotatable bonds is 7. The number of aromatic nitrogens is 3. The van der Waals surface area contributed by atoms with Crippen LogP contribution >= 0.6 is 0 Å². The molecule has 22 heavy (non-hydrogen) atoms. The Morgan fingerprint density at radius 2 is 2.18 bits per heavy atom. The predicted octanol–water partition coefficient (Wildman–Crippen LogP) is 1.98. The summed E-state index contributed by atoms with van der Waals surface area (Å²) in [4.78, 5) is 16.4. The minimum absolute atomic E-state index is 0.221. The van der Waals surface area contributed by atoms with Crippen LogP contribution in [0.25, 0.3) is 11.0 Å². The van der Waals surface area contributed by atoms with Crippen LogP contribution in [0.15, 0.2) is 18.5 Å². The fourth-order valence-electron chi connectivity index (χ4n) is 2.32. The number of nitrogens with zero attached hydrogens (tertiary/aromatic N) is 3. The first-order chi connectivity index (χ1) is 10.5. The molecule has 1 amide bonds. The van der Waals surface area contributed by atoms with Crippen molar-refractivity contribution in [2.75, 3.05) is 6.54 Å². The van der Waals surface area contributed by atoms with Crippen LogP contribution in [0.4, 0.5) is 0 Å². The number of amides is 1. The molecule has 0 aliphatic rings. The summed E-state index contributed by atoms with van der Waals surface area (Å²) in [5.74, 6) is 0.258. The molecule has 0 aliphatic carbocycles. The maximum absolute atomic E-state index is 12.1. The van der Waals surface area contributed by atoms with Crippen LogP contribution in [0, 0.1) is 5.92 Å². The number of pyridine rings is 1. The first kappa shape index (κ1) is 16.4. The highest BCUT2D eigenvalue weighted by Crippen LogP contribution is 2.14. The lowest BCUT2D eigenvalue weighted by molar-refractivity contribution is 0.0910. The van der Waals surface area contributed by atoms with Crippen LogP contribution in [0.2, 0.25) is 0 Å². The quantitative estimate of drug-likeness (QED) is 0.819. The van der Waals surface area contributed by atoms with E-state index < -0.39 is 6.10 Å². The molecular formula is C16H24N4O2. The zero-order chi connectivity index (χ0) is 16.1. The van der Waals surface area contributed by atoms with E-state index in [1.807, 2.05) is 11.6 Å². The summed E-state index contributed by atoms with van der Waals surface area (Å²) >= 11 is 0. The van der Waals surface area contributed by atoms with Crippen molar-refractivity contribution in [2.24, 2.45) is 5.92 Å². The van der Waals surface area contributed by atoms with Crippen molar-refractivity contribution in [1.82, 2.24) is 20.1 Å². The van der Waals surface area contributed by atoms with Crippen molar-refractivity contribution in [3.63, 3.8) is 0 Å². The number of fused-ring (bicyclic) bond motifs is 1. The van der Waals surface area contributed by atoms with E-state index in [0.717, 1.165) is 24.0 Å². The van der Waals surface area contributed by atoms with Gasteiger partial charge in [-0.3, -0.25) is 4.79 Å². The Kier molecular flexibility index (Phi) is 5.49. The van der Waals surface area contributed by atoms with E-state index in [2.05, 4.69) is 29.2 Å². The molecule has 2 aromatic heterocycles. The van der Waals surface area contributed by atoms with Gasteiger partial charge in [0.2, 0.25) is 0 Å². The fourth-order valence-corrected chi connectivity index (χ4v) is 2.32. The molecule has 0 saturated carbocycles. The van der Waals surface area contributed by atoms with Gasteiger partial charge in [-0.25, -0.2) is 9.67 Å². The minimum atomic E-state index is -0.501. The third-order valence-electron chi connectivity index (χ3n) is 3.40. The number of carbonyl (C=O) groups excluding carboxylic acids is 1. The van der Waals surface area contributed by atoms with Crippen molar-refractivity contribution in [2.45, 2.75) is 46.3 Å². The molecule has 2 N–H and O–H groups in total. The maximum atomic E-state index is 12.1. The van der Waals surface area contributed by atoms with Gasteiger partial charge in [0.15, 0.2) is 5.65 Å². The third kappa shape index (κ3) is 4.04. The van der Waals surface area contributed by atoms with E-state index in [1.165, 1.54) is 0 Å². The second kappa shape index (κ2) is 7.35. The number of aliphatic hydroxyl groups excluding tert-OH is 1. The van der Waals surface area contributed by atoms with Crippen LogP contribution in [-0.4, -0.2) is 38.4 Å². The van der Waals surface area contributed by atoms with E-state index in [9.17, 15) is 9.90 Å². The molecule has 0 aromatic carbocycles. The molecule has 0 saturated heterocycles. The Morgan fingerprint density at radius 1 is 1.41 bits per heavy atom. The van der Waals surface area contributed by atoms with E-state index in [0.29, 0.717) is 17.9 Å². The summed E-state index contributed by atoms with van der Waals surface area (Å²) in [6, 6.07) is 1.79. The largest absolute Gasteiger partial charge is 0.391 e. The van der Waals surface area contributed by atoms with Gasteiger partial charge in [-0.05, 0) is 18.4 Å². The van der Waals surface area contributed by atoms with Crippen molar-refractivity contribution in [3.8, 4) is 0 Å². The van der Waals surface area contributed by atoms with Gasteiger partial charge in [-0.15, -0.1) is 0 Å². The van der Waals surface area contributed by atoms with Crippen LogP contribution < -0.4 is 5.32 Å². The Bertz CT molecular complexity index is 636. The van der Waals surface area contributed by atoms with Crippen molar-refractivity contribution in [3.05, 3.63) is 24.0 Å². The van der Waals surface area contributed by atoms with E-state index in [-0.39, 0.29) is 12.5 Å². The van der Waals surface area contributed by atoms with Crippen LogP contribution in [-0.2, 0) is 6.54 Å². The Balaban J connectivity index is 2.07. The molecule has 2 rings (SSSR count). The molecule has 1 unspecified atom stereocenters. The SMILES string of the molecule is CCCC(O)CNC(=O)c1cnc2c(cnn2CC(C)C)c1. The first-order valence-electron chi connectivity index (χ1n) is 7.79. The molecule has 1 atom stereocenters. The van der Waals surface area contributed by atoms with E-state index >= 15 is 0 Å². The van der Waals surface area contributed by atoms with Gasteiger partial charge in [-0.1, -0.05) is 27.2 Å². The van der Waals surface area contributed by atoms with Gasteiger partial charge < -0.3 is 10.4 Å². The number of hydrogen-bond donors (Lipinski definition) is 2. The molecule has 0 aliphatic heterocycles. The topological polar surface area (TPSA) is 80.0 Å². The summed E-state index contributed by atoms with van der Waals surface area (Å²) in [5, 5.41) is 17.6. The lowest BCUT2D eigenvalue weighted by atomic mass is 10.2. The summed E-state index contributed by atoms with van der Waals surface area (Å²) in [5.41, 5.74) is 1.27. The summed E-state index contributed by atoms with van der Waals surface area (Å²) in [6.07, 6.45) is 4.36. The average Bonchev–Trinajstić information content (AvgIpc) is 2.86. The number of hydrogen-bond acceptors (Lipinski definition) is 4. The van der Waals surface area contributed by atoms with Crippen molar-refractivity contribution < 1.29 is 9.90 Å². The van der Waals surface area contributed by atoms with E-state index in [1.54, 1.807) is 18.5 Å². The zero-order valence-corrected chi connectivity index (χ0v) is 13.4. The van der Waals surface area contributed by atoms with Crippen LogP contribution in [0.1, 0.15) is 44.0 Å². The molecule has 2 heterocycles. The van der Waals surface area contributed by atoms with Crippen LogP contribution in [0.3, 0.4) is 0 Å². The molecule has 2 aromatic rings. The van der Waals surface area contributed by atoms with Crippen molar-refractivity contribution in [1.29, 1.82) is 0 Å². The lowest BCUT2D eigenvalue weighted by Gasteiger charge is -2.10. The maximum Gasteiger partial charge on any atom is 0.252 e. The molecule has 0 fully saturated rings. The second-order valence-electron chi connectivity index (χ2n) is 6.01. The molecule has 0 spiro atoms. The fraction of sp³-hybridized carbons (Fsp3) is 0.562. The van der Waals surface area contributed by atoms with Crippen LogP contribution in [0.5, 0.6) is 0 Å². The highest BCUT2D eigenvalue weighted by atomic mass is 16.3. The number of carbonyl (C=O) groups is 1. The lowest BCUT2D eigenvalue weighted by Crippen LogP contribution is -2.32. The van der Waals surface area contributed by atoms with E-state index in [4.69, 9.17) is 0 Å². The highest BCUT2D eigenvalue weighted by Gasteiger charge is 2.12. The van der Waals surface area contributed by atoms with Gasteiger partial charge in [0.25, 0.3) is 5.91 Å². The number of nitrogens with one attached hydrogen (secondary N) is 1. The Labute approximate surface area is 130 Å². The molecule has 0 radical (unpaired) electrons.